The molecule has 0 fully saturated rings. The monoisotopic (exact) mass is 265 g/mol. The highest BCUT2D eigenvalue weighted by Gasteiger charge is 2.16. The molecular weight excluding hydrogens is 250 g/mol. The molecule has 0 aliphatic heterocycles. The molecule has 1 N–H and O–H groups in total. The van der Waals surface area contributed by atoms with Crippen molar-refractivity contribution in [1.29, 1.82) is 0 Å². The van der Waals surface area contributed by atoms with Gasteiger partial charge in [-0.15, -0.1) is 0 Å². The van der Waals surface area contributed by atoms with Gasteiger partial charge in [-0.2, -0.15) is 5.10 Å². The highest BCUT2D eigenvalue weighted by atomic mass is 16.5. The van der Waals surface area contributed by atoms with Crippen LogP contribution in [0.1, 0.15) is 35.7 Å². The molecule has 2 aromatic heterocycles. The smallest absolute Gasteiger partial charge is 0.345 e. The van der Waals surface area contributed by atoms with Crippen LogP contribution in [0.15, 0.2) is 16.8 Å². The normalized spacial score (nSPS) is 10.4. The maximum Gasteiger partial charge on any atom is 0.345 e. The topological polar surface area (TPSA) is 90.2 Å². The zero-order valence-electron chi connectivity index (χ0n) is 10.8. The van der Waals surface area contributed by atoms with Crippen LogP contribution in [0.2, 0.25) is 0 Å². The number of aromatic amines is 1. The lowest BCUT2D eigenvalue weighted by Crippen LogP contribution is -2.06. The quantitative estimate of drug-likeness (QED) is 0.800. The Kier molecular flexibility index (Phi) is 4.17. The van der Waals surface area contributed by atoms with Crippen LogP contribution in [-0.4, -0.2) is 27.9 Å². The summed E-state index contributed by atoms with van der Waals surface area (Å²) in [4.78, 5) is 11.6. The zero-order valence-corrected chi connectivity index (χ0v) is 10.8. The number of H-pyrrole nitrogens is 1. The molecule has 7 nitrogen and oxygen atoms in total. The summed E-state index contributed by atoms with van der Waals surface area (Å²) in [5.74, 6) is 0.368. The van der Waals surface area contributed by atoms with E-state index in [1.807, 2.05) is 6.92 Å². The lowest BCUT2D eigenvalue weighted by molar-refractivity contribution is 0.0520. The minimum absolute atomic E-state index is 0.168. The Morgan fingerprint density at radius 2 is 2.32 bits per heavy atom. The maximum absolute atomic E-state index is 11.6. The van der Waals surface area contributed by atoms with Crippen LogP contribution in [0.3, 0.4) is 0 Å². The molecular formula is C12H15N3O4. The van der Waals surface area contributed by atoms with E-state index in [9.17, 15) is 4.79 Å². The van der Waals surface area contributed by atoms with Crippen LogP contribution in [0, 0.1) is 0 Å². The number of carbonyl (C=O) groups is 1. The predicted octanol–water partition coefficient (Wildman–Crippen LogP) is 1.72. The van der Waals surface area contributed by atoms with Crippen molar-refractivity contribution >= 4 is 5.97 Å². The van der Waals surface area contributed by atoms with Crippen molar-refractivity contribution in [3.8, 4) is 5.88 Å². The van der Waals surface area contributed by atoms with Gasteiger partial charge in [0.2, 0.25) is 5.88 Å². The third-order valence-corrected chi connectivity index (χ3v) is 2.43. The number of carbonyl (C=O) groups excluding carboxylic acids is 1. The average molecular weight is 265 g/mol. The SMILES string of the molecule is CCOC(=O)c1cn[nH]c1OCc1cc(CC)no1. The van der Waals surface area contributed by atoms with Crippen molar-refractivity contribution in [1.82, 2.24) is 15.4 Å². The summed E-state index contributed by atoms with van der Waals surface area (Å²) in [5.41, 5.74) is 1.12. The number of rotatable bonds is 6. The number of hydrogen-bond acceptors (Lipinski definition) is 6. The summed E-state index contributed by atoms with van der Waals surface area (Å²) in [5, 5.41) is 10.2. The minimum Gasteiger partial charge on any atom is -0.469 e. The summed E-state index contributed by atoms with van der Waals surface area (Å²) in [6.45, 7) is 4.18. The summed E-state index contributed by atoms with van der Waals surface area (Å²) < 4.78 is 15.4. The molecule has 0 bridgehead atoms. The standard InChI is InChI=1S/C12H15N3O4/c1-3-8-5-9(19-15-8)7-18-11-10(6-13-14-11)12(16)17-4-2/h5-6H,3-4,7H2,1-2H3,(H,13,14). The Hall–Kier alpha value is -2.31. The molecule has 0 radical (unpaired) electrons. The van der Waals surface area contributed by atoms with Crippen molar-refractivity contribution in [2.45, 2.75) is 26.9 Å². The van der Waals surface area contributed by atoms with Gasteiger partial charge in [-0.3, -0.25) is 0 Å². The van der Waals surface area contributed by atoms with Crippen LogP contribution < -0.4 is 4.74 Å². The third-order valence-electron chi connectivity index (χ3n) is 2.43. The molecule has 0 spiro atoms. The molecule has 0 saturated carbocycles. The summed E-state index contributed by atoms with van der Waals surface area (Å²) in [7, 11) is 0. The Bertz CT molecular complexity index is 547. The van der Waals surface area contributed by atoms with Crippen molar-refractivity contribution in [2.75, 3.05) is 6.61 Å². The summed E-state index contributed by atoms with van der Waals surface area (Å²) >= 11 is 0. The molecule has 2 rings (SSSR count). The van der Waals surface area contributed by atoms with E-state index in [1.54, 1.807) is 13.0 Å². The van der Waals surface area contributed by atoms with E-state index < -0.39 is 5.97 Å². The fourth-order valence-corrected chi connectivity index (χ4v) is 1.47. The molecule has 7 heteroatoms. The number of aromatic nitrogens is 3. The molecule has 0 saturated heterocycles. The van der Waals surface area contributed by atoms with Gasteiger partial charge in [0.25, 0.3) is 0 Å². The van der Waals surface area contributed by atoms with Crippen molar-refractivity contribution in [3.05, 3.63) is 29.3 Å². The Morgan fingerprint density at radius 1 is 1.47 bits per heavy atom. The Morgan fingerprint density at radius 3 is 3.00 bits per heavy atom. The van der Waals surface area contributed by atoms with Gasteiger partial charge < -0.3 is 14.0 Å². The molecule has 0 atom stereocenters. The first-order valence-electron chi connectivity index (χ1n) is 6.02. The van der Waals surface area contributed by atoms with E-state index in [-0.39, 0.29) is 18.1 Å². The van der Waals surface area contributed by atoms with E-state index in [4.69, 9.17) is 14.0 Å². The first-order valence-corrected chi connectivity index (χ1v) is 6.02. The molecule has 2 heterocycles. The molecule has 19 heavy (non-hydrogen) atoms. The second kappa shape index (κ2) is 6.03. The Labute approximate surface area is 109 Å². The van der Waals surface area contributed by atoms with Crippen molar-refractivity contribution < 1.29 is 18.8 Å². The van der Waals surface area contributed by atoms with Gasteiger partial charge in [0.1, 0.15) is 5.56 Å². The number of hydrogen-bond donors (Lipinski definition) is 1. The largest absolute Gasteiger partial charge is 0.469 e. The van der Waals surface area contributed by atoms with Crippen LogP contribution in [0.4, 0.5) is 0 Å². The molecule has 102 valence electrons. The molecule has 0 unspecified atom stereocenters. The van der Waals surface area contributed by atoms with E-state index in [0.29, 0.717) is 12.4 Å². The van der Waals surface area contributed by atoms with Gasteiger partial charge in [-0.1, -0.05) is 12.1 Å². The van der Waals surface area contributed by atoms with E-state index >= 15 is 0 Å². The number of esters is 1. The second-order valence-corrected chi connectivity index (χ2v) is 3.76. The predicted molar refractivity (Wildman–Crippen MR) is 64.8 cm³/mol. The maximum atomic E-state index is 11.6. The minimum atomic E-state index is -0.474. The highest BCUT2D eigenvalue weighted by Crippen LogP contribution is 2.17. The second-order valence-electron chi connectivity index (χ2n) is 3.76. The molecule has 0 amide bonds. The molecule has 0 aliphatic rings. The van der Waals surface area contributed by atoms with Crippen molar-refractivity contribution in [2.24, 2.45) is 0 Å². The summed E-state index contributed by atoms with van der Waals surface area (Å²) in [6.07, 6.45) is 2.16. The fraction of sp³-hybridized carbons (Fsp3) is 0.417. The van der Waals surface area contributed by atoms with E-state index in [2.05, 4.69) is 15.4 Å². The van der Waals surface area contributed by atoms with Gasteiger partial charge in [0.05, 0.1) is 18.5 Å². The lowest BCUT2D eigenvalue weighted by atomic mass is 10.3. The number of aryl methyl sites for hydroxylation is 1. The van der Waals surface area contributed by atoms with Crippen LogP contribution in [0.5, 0.6) is 5.88 Å². The lowest BCUT2D eigenvalue weighted by Gasteiger charge is -2.03. The van der Waals surface area contributed by atoms with Gasteiger partial charge in [0, 0.05) is 6.07 Å². The molecule has 0 aromatic carbocycles. The number of ether oxygens (including phenoxy) is 2. The van der Waals surface area contributed by atoms with Crippen LogP contribution >= 0.6 is 0 Å². The van der Waals surface area contributed by atoms with Crippen LogP contribution in [-0.2, 0) is 17.8 Å². The third kappa shape index (κ3) is 3.12. The Balaban J connectivity index is 1.99. The number of nitrogens with zero attached hydrogens (tertiary/aromatic N) is 2. The first kappa shape index (κ1) is 13.1. The fourth-order valence-electron chi connectivity index (χ4n) is 1.47. The van der Waals surface area contributed by atoms with Gasteiger partial charge in [0.15, 0.2) is 12.4 Å². The van der Waals surface area contributed by atoms with Gasteiger partial charge >= 0.3 is 5.97 Å². The van der Waals surface area contributed by atoms with Crippen molar-refractivity contribution in [3.63, 3.8) is 0 Å². The summed E-state index contributed by atoms with van der Waals surface area (Å²) in [6, 6.07) is 1.81. The van der Waals surface area contributed by atoms with E-state index in [1.165, 1.54) is 6.20 Å². The average Bonchev–Trinajstić information content (AvgIpc) is 3.05. The first-order chi connectivity index (χ1) is 9.24. The highest BCUT2D eigenvalue weighted by molar-refractivity contribution is 5.91. The van der Waals surface area contributed by atoms with Crippen LogP contribution in [0.25, 0.3) is 0 Å². The molecule has 0 aliphatic carbocycles. The molecule has 2 aromatic rings. The zero-order chi connectivity index (χ0) is 13.7. The number of nitrogens with one attached hydrogen (secondary N) is 1. The van der Waals surface area contributed by atoms with Gasteiger partial charge in [-0.25, -0.2) is 9.89 Å². The van der Waals surface area contributed by atoms with Gasteiger partial charge in [-0.05, 0) is 13.3 Å². The van der Waals surface area contributed by atoms with E-state index in [0.717, 1.165) is 12.1 Å².